The Morgan fingerprint density at radius 3 is 2.48 bits per heavy atom. The van der Waals surface area contributed by atoms with Crippen LogP contribution in [0.2, 0.25) is 0 Å². The van der Waals surface area contributed by atoms with Gasteiger partial charge in [0.2, 0.25) is 11.9 Å². The number of hydrogen-bond donors (Lipinski definition) is 1. The Labute approximate surface area is 179 Å². The predicted octanol–water partition coefficient (Wildman–Crippen LogP) is 2.48. The lowest BCUT2D eigenvalue weighted by Crippen LogP contribution is -2.34. The molecule has 0 bridgehead atoms. The lowest BCUT2D eigenvalue weighted by Gasteiger charge is -2.16. The lowest BCUT2D eigenvalue weighted by molar-refractivity contribution is -0.116. The van der Waals surface area contributed by atoms with Gasteiger partial charge >= 0.3 is 5.97 Å². The Morgan fingerprint density at radius 1 is 1.13 bits per heavy atom. The van der Waals surface area contributed by atoms with Gasteiger partial charge in [-0.2, -0.15) is 5.10 Å². The van der Waals surface area contributed by atoms with E-state index in [0.29, 0.717) is 16.9 Å². The maximum Gasteiger partial charge on any atom is 0.340 e. The number of nitrogens with zero attached hydrogens (tertiary/aromatic N) is 4. The Kier molecular flexibility index (Phi) is 6.33. The summed E-state index contributed by atoms with van der Waals surface area (Å²) in [7, 11) is 0. The number of carbonyl (C=O) groups excluding carboxylic acids is 2. The van der Waals surface area contributed by atoms with Gasteiger partial charge in [-0.3, -0.25) is 14.2 Å². The summed E-state index contributed by atoms with van der Waals surface area (Å²) >= 11 is 0. The van der Waals surface area contributed by atoms with Gasteiger partial charge in [0.15, 0.2) is 0 Å². The van der Waals surface area contributed by atoms with Gasteiger partial charge in [-0.1, -0.05) is 12.1 Å². The molecule has 3 aromatic rings. The number of para-hydroxylation sites is 1. The summed E-state index contributed by atoms with van der Waals surface area (Å²) in [6.45, 7) is 8.73. The molecule has 0 fully saturated rings. The topological polar surface area (TPSA) is 108 Å². The molecule has 1 amide bonds. The molecule has 1 N–H and O–H groups in total. The van der Waals surface area contributed by atoms with E-state index in [2.05, 4.69) is 15.4 Å². The predicted molar refractivity (Wildman–Crippen MR) is 116 cm³/mol. The number of carbonyl (C=O) groups is 2. The molecule has 0 saturated heterocycles. The number of rotatable bonds is 6. The average Bonchev–Trinajstić information content (AvgIpc) is 3.06. The van der Waals surface area contributed by atoms with Crippen LogP contribution in [0.1, 0.15) is 39.9 Å². The highest BCUT2D eigenvalue weighted by molar-refractivity contribution is 6.01. The van der Waals surface area contributed by atoms with Gasteiger partial charge in [-0.25, -0.2) is 14.5 Å². The van der Waals surface area contributed by atoms with E-state index in [-0.39, 0.29) is 30.2 Å². The van der Waals surface area contributed by atoms with Crippen molar-refractivity contribution in [3.63, 3.8) is 0 Å². The molecule has 9 heteroatoms. The minimum Gasteiger partial charge on any atom is -0.462 e. The van der Waals surface area contributed by atoms with Gasteiger partial charge in [0.05, 0.1) is 23.6 Å². The van der Waals surface area contributed by atoms with Crippen LogP contribution in [0.5, 0.6) is 0 Å². The standard InChI is InChI=1S/C22H25N5O4/c1-6-31-21(30)17-9-7-8-10-18(17)24-19(28)12-26-20(29)15(4)16(5)23-22(26)27-14(3)11-13(2)25-27/h7-11H,6,12H2,1-5H3,(H,24,28). The van der Waals surface area contributed by atoms with Gasteiger partial charge in [-0.05, 0) is 52.8 Å². The number of ether oxygens (including phenoxy) is 1. The van der Waals surface area contributed by atoms with Crippen molar-refractivity contribution in [3.8, 4) is 5.95 Å². The molecule has 0 radical (unpaired) electrons. The van der Waals surface area contributed by atoms with E-state index in [1.165, 1.54) is 4.57 Å². The molecule has 0 aliphatic carbocycles. The molecular formula is C22H25N5O4. The van der Waals surface area contributed by atoms with Crippen molar-refractivity contribution >= 4 is 17.6 Å². The number of anilines is 1. The number of benzene rings is 1. The second-order valence-corrected chi connectivity index (χ2v) is 7.17. The molecule has 0 saturated carbocycles. The number of hydrogen-bond acceptors (Lipinski definition) is 6. The van der Waals surface area contributed by atoms with Crippen molar-refractivity contribution in [2.75, 3.05) is 11.9 Å². The number of nitrogens with one attached hydrogen (secondary N) is 1. The third-order valence-corrected chi connectivity index (χ3v) is 4.82. The third-order valence-electron chi connectivity index (χ3n) is 4.82. The number of amides is 1. The maximum absolute atomic E-state index is 13.0. The largest absolute Gasteiger partial charge is 0.462 e. The monoisotopic (exact) mass is 423 g/mol. The highest BCUT2D eigenvalue weighted by atomic mass is 16.5. The fourth-order valence-electron chi connectivity index (χ4n) is 3.19. The van der Waals surface area contributed by atoms with Crippen molar-refractivity contribution in [2.45, 2.75) is 41.2 Å². The van der Waals surface area contributed by atoms with E-state index >= 15 is 0 Å². The number of aromatic nitrogens is 4. The molecule has 0 spiro atoms. The summed E-state index contributed by atoms with van der Waals surface area (Å²) in [5.74, 6) is -0.758. The Hall–Kier alpha value is -3.75. The number of esters is 1. The average molecular weight is 423 g/mol. The molecule has 162 valence electrons. The summed E-state index contributed by atoms with van der Waals surface area (Å²) in [6, 6.07) is 8.41. The molecule has 2 aromatic heterocycles. The first-order valence-corrected chi connectivity index (χ1v) is 9.90. The Morgan fingerprint density at radius 2 is 1.84 bits per heavy atom. The highest BCUT2D eigenvalue weighted by Gasteiger charge is 2.19. The minimum absolute atomic E-state index is 0.219. The lowest BCUT2D eigenvalue weighted by atomic mass is 10.2. The van der Waals surface area contributed by atoms with E-state index in [9.17, 15) is 14.4 Å². The maximum atomic E-state index is 13.0. The minimum atomic E-state index is -0.535. The molecular weight excluding hydrogens is 398 g/mol. The van der Waals surface area contributed by atoms with Gasteiger partial charge in [0.1, 0.15) is 6.54 Å². The molecule has 0 aliphatic rings. The van der Waals surface area contributed by atoms with Crippen molar-refractivity contribution < 1.29 is 14.3 Å². The van der Waals surface area contributed by atoms with Crippen LogP contribution < -0.4 is 10.9 Å². The van der Waals surface area contributed by atoms with E-state index in [0.717, 1.165) is 11.4 Å². The summed E-state index contributed by atoms with van der Waals surface area (Å²) in [5.41, 5.74) is 2.79. The molecule has 0 unspecified atom stereocenters. The normalized spacial score (nSPS) is 10.7. The van der Waals surface area contributed by atoms with Crippen LogP contribution in [0.3, 0.4) is 0 Å². The summed E-state index contributed by atoms with van der Waals surface area (Å²) in [5, 5.41) is 7.10. The second kappa shape index (κ2) is 8.95. The highest BCUT2D eigenvalue weighted by Crippen LogP contribution is 2.17. The van der Waals surface area contributed by atoms with E-state index in [1.54, 1.807) is 49.7 Å². The van der Waals surface area contributed by atoms with Gasteiger partial charge in [0.25, 0.3) is 5.56 Å². The van der Waals surface area contributed by atoms with E-state index in [4.69, 9.17) is 4.74 Å². The molecule has 0 atom stereocenters. The Balaban J connectivity index is 1.98. The Bertz CT molecular complexity index is 1210. The van der Waals surface area contributed by atoms with Crippen LogP contribution in [0.4, 0.5) is 5.69 Å². The molecule has 9 nitrogen and oxygen atoms in total. The number of aryl methyl sites for hydroxylation is 3. The van der Waals surface area contributed by atoms with E-state index in [1.807, 2.05) is 19.9 Å². The second-order valence-electron chi connectivity index (χ2n) is 7.17. The molecule has 31 heavy (non-hydrogen) atoms. The molecule has 3 rings (SSSR count). The summed E-state index contributed by atoms with van der Waals surface area (Å²) in [6.07, 6.45) is 0. The summed E-state index contributed by atoms with van der Waals surface area (Å²) in [4.78, 5) is 42.5. The van der Waals surface area contributed by atoms with Crippen LogP contribution in [0.25, 0.3) is 5.95 Å². The van der Waals surface area contributed by atoms with Crippen molar-refractivity contribution in [1.82, 2.24) is 19.3 Å². The molecule has 1 aromatic carbocycles. The van der Waals surface area contributed by atoms with Gasteiger partial charge < -0.3 is 10.1 Å². The van der Waals surface area contributed by atoms with Crippen molar-refractivity contribution in [3.05, 3.63) is 68.9 Å². The van der Waals surface area contributed by atoms with Gasteiger partial charge in [-0.15, -0.1) is 0 Å². The van der Waals surface area contributed by atoms with Gasteiger partial charge in [0, 0.05) is 17.0 Å². The van der Waals surface area contributed by atoms with E-state index < -0.39 is 11.9 Å². The van der Waals surface area contributed by atoms with Crippen LogP contribution in [-0.4, -0.2) is 37.8 Å². The quantitative estimate of drug-likeness (QED) is 0.610. The van der Waals surface area contributed by atoms with Crippen LogP contribution in [-0.2, 0) is 16.1 Å². The first kappa shape index (κ1) is 21.9. The first-order valence-electron chi connectivity index (χ1n) is 9.90. The zero-order chi connectivity index (χ0) is 22.7. The fraction of sp³-hybridized carbons (Fsp3) is 0.318. The van der Waals surface area contributed by atoms with Crippen molar-refractivity contribution in [2.24, 2.45) is 0 Å². The first-order chi connectivity index (χ1) is 14.7. The summed E-state index contributed by atoms with van der Waals surface area (Å²) < 4.78 is 7.87. The smallest absolute Gasteiger partial charge is 0.340 e. The zero-order valence-electron chi connectivity index (χ0n) is 18.2. The fourth-order valence-corrected chi connectivity index (χ4v) is 3.19. The molecule has 2 heterocycles. The van der Waals surface area contributed by atoms with Crippen LogP contribution in [0.15, 0.2) is 35.1 Å². The van der Waals surface area contributed by atoms with Crippen molar-refractivity contribution in [1.29, 1.82) is 0 Å². The molecule has 0 aliphatic heterocycles. The third kappa shape index (κ3) is 4.55. The van der Waals surface area contributed by atoms with Crippen LogP contribution >= 0.6 is 0 Å². The zero-order valence-corrected chi connectivity index (χ0v) is 18.2. The van der Waals surface area contributed by atoms with Crippen LogP contribution in [0, 0.1) is 27.7 Å². The SMILES string of the molecule is CCOC(=O)c1ccccc1NC(=O)Cn1c(-n2nc(C)cc2C)nc(C)c(C)c1=O.